The summed E-state index contributed by atoms with van der Waals surface area (Å²) in [4.78, 5) is 45.1. The van der Waals surface area contributed by atoms with Crippen LogP contribution in [0.3, 0.4) is 0 Å². The smallest absolute Gasteiger partial charge is 0.340 e. The largest absolute Gasteiger partial charge is 0.452 e. The van der Waals surface area contributed by atoms with Crippen LogP contribution in [0.2, 0.25) is 0 Å². The van der Waals surface area contributed by atoms with E-state index in [0.717, 1.165) is 16.6 Å². The summed E-state index contributed by atoms with van der Waals surface area (Å²) in [5, 5.41) is 0.572. The summed E-state index contributed by atoms with van der Waals surface area (Å²) in [5.74, 6) is -0.988. The van der Waals surface area contributed by atoms with Gasteiger partial charge < -0.3 is 9.64 Å². The molecule has 8 heteroatoms. The Labute approximate surface area is 177 Å². The number of nitrogens with zero attached hydrogens (tertiary/aromatic N) is 3. The summed E-state index contributed by atoms with van der Waals surface area (Å²) in [6.45, 7) is 2.43. The van der Waals surface area contributed by atoms with Gasteiger partial charge in [0.25, 0.3) is 5.91 Å². The normalized spacial score (nSPS) is 13.6. The third-order valence-electron chi connectivity index (χ3n) is 4.95. The maximum absolute atomic E-state index is 12.7. The Morgan fingerprint density at radius 1 is 1.17 bits per heavy atom. The number of fused-ring (bicyclic) bond motifs is 1. The van der Waals surface area contributed by atoms with Gasteiger partial charge in [-0.1, -0.05) is 35.6 Å². The molecule has 0 atom stereocenters. The lowest BCUT2D eigenvalue weighted by Gasteiger charge is -2.20. The van der Waals surface area contributed by atoms with Gasteiger partial charge >= 0.3 is 5.97 Å². The minimum Gasteiger partial charge on any atom is -0.452 e. The molecule has 0 N–H and O–H groups in total. The van der Waals surface area contributed by atoms with Crippen molar-refractivity contribution in [3.63, 3.8) is 0 Å². The highest BCUT2D eigenvalue weighted by atomic mass is 32.1. The first kappa shape index (κ1) is 20.0. The van der Waals surface area contributed by atoms with E-state index < -0.39 is 12.6 Å². The standard InChI is InChI=1S/C22H21N3O4S/c1-2-24(22-23-16-9-4-6-11-18(16)30-22)20(27)14-29-21(28)15-8-3-5-10-17(15)25-13-7-12-19(25)26/h3-6,8-11H,2,7,12-14H2,1H3. The monoisotopic (exact) mass is 423 g/mol. The summed E-state index contributed by atoms with van der Waals surface area (Å²) in [6.07, 6.45) is 1.23. The minimum atomic E-state index is -0.626. The van der Waals surface area contributed by atoms with Gasteiger partial charge in [0.1, 0.15) is 0 Å². The number of hydrogen-bond donors (Lipinski definition) is 0. The van der Waals surface area contributed by atoms with Crippen molar-refractivity contribution in [1.29, 1.82) is 0 Å². The molecule has 0 aliphatic carbocycles. The van der Waals surface area contributed by atoms with Crippen molar-refractivity contribution < 1.29 is 19.1 Å². The molecule has 3 aromatic rings. The summed E-state index contributed by atoms with van der Waals surface area (Å²) >= 11 is 1.42. The van der Waals surface area contributed by atoms with Gasteiger partial charge in [-0.15, -0.1) is 0 Å². The fourth-order valence-electron chi connectivity index (χ4n) is 3.46. The van der Waals surface area contributed by atoms with E-state index in [1.54, 1.807) is 29.2 Å². The van der Waals surface area contributed by atoms with Crippen LogP contribution in [0.5, 0.6) is 0 Å². The van der Waals surface area contributed by atoms with Crippen LogP contribution >= 0.6 is 11.3 Å². The Balaban J connectivity index is 1.47. The topological polar surface area (TPSA) is 79.8 Å². The average Bonchev–Trinajstić information content (AvgIpc) is 3.38. The molecule has 1 saturated heterocycles. The predicted octanol–water partition coefficient (Wildman–Crippen LogP) is 3.63. The number of rotatable bonds is 6. The van der Waals surface area contributed by atoms with E-state index in [1.807, 2.05) is 31.2 Å². The van der Waals surface area contributed by atoms with Crippen LogP contribution in [0.4, 0.5) is 10.8 Å². The quantitative estimate of drug-likeness (QED) is 0.566. The van der Waals surface area contributed by atoms with E-state index in [4.69, 9.17) is 4.74 Å². The molecule has 154 valence electrons. The van der Waals surface area contributed by atoms with Gasteiger partial charge in [-0.05, 0) is 37.6 Å². The third-order valence-corrected chi connectivity index (χ3v) is 6.01. The zero-order valence-corrected chi connectivity index (χ0v) is 17.4. The number of amides is 2. The Bertz CT molecular complexity index is 1080. The van der Waals surface area contributed by atoms with Crippen molar-refractivity contribution in [2.75, 3.05) is 29.5 Å². The highest BCUT2D eigenvalue weighted by molar-refractivity contribution is 7.22. The van der Waals surface area contributed by atoms with Gasteiger partial charge in [-0.25, -0.2) is 9.78 Å². The Kier molecular flexibility index (Phi) is 5.76. The number of carbonyl (C=O) groups excluding carboxylic acids is 3. The van der Waals surface area contributed by atoms with Crippen molar-refractivity contribution in [2.45, 2.75) is 19.8 Å². The first-order chi connectivity index (χ1) is 14.6. The van der Waals surface area contributed by atoms with Gasteiger partial charge in [-0.3, -0.25) is 14.5 Å². The fraction of sp³-hybridized carbons (Fsp3) is 0.273. The molecule has 1 aromatic heterocycles. The van der Waals surface area contributed by atoms with Crippen LogP contribution in [0.25, 0.3) is 10.2 Å². The van der Waals surface area contributed by atoms with Crippen molar-refractivity contribution in [2.24, 2.45) is 0 Å². The molecule has 1 aliphatic rings. The first-order valence-corrected chi connectivity index (χ1v) is 10.6. The number of likely N-dealkylation sites (N-methyl/N-ethyl adjacent to an activating group) is 1. The zero-order chi connectivity index (χ0) is 21.1. The molecule has 0 bridgehead atoms. The van der Waals surface area contributed by atoms with E-state index in [-0.39, 0.29) is 17.4 Å². The summed E-state index contributed by atoms with van der Waals surface area (Å²) < 4.78 is 6.30. The summed E-state index contributed by atoms with van der Waals surface area (Å²) in [7, 11) is 0. The Hall–Kier alpha value is -3.26. The van der Waals surface area contributed by atoms with Crippen molar-refractivity contribution >= 4 is 50.2 Å². The maximum atomic E-state index is 12.7. The third kappa shape index (κ3) is 3.91. The Morgan fingerprint density at radius 3 is 2.67 bits per heavy atom. The van der Waals surface area contributed by atoms with E-state index >= 15 is 0 Å². The molecule has 4 rings (SSSR count). The molecule has 0 saturated carbocycles. The number of benzene rings is 2. The first-order valence-electron chi connectivity index (χ1n) is 9.81. The number of thiazole rings is 1. The molecule has 0 unspecified atom stereocenters. The van der Waals surface area contributed by atoms with Crippen molar-refractivity contribution in [3.05, 3.63) is 54.1 Å². The molecular weight excluding hydrogens is 402 g/mol. The maximum Gasteiger partial charge on any atom is 0.340 e. The van der Waals surface area contributed by atoms with E-state index in [0.29, 0.717) is 30.3 Å². The minimum absolute atomic E-state index is 0.0145. The number of esters is 1. The van der Waals surface area contributed by atoms with E-state index in [9.17, 15) is 14.4 Å². The number of ether oxygens (including phenoxy) is 1. The van der Waals surface area contributed by atoms with Crippen LogP contribution in [-0.2, 0) is 14.3 Å². The van der Waals surface area contributed by atoms with Gasteiger partial charge in [0, 0.05) is 19.5 Å². The van der Waals surface area contributed by atoms with Crippen LogP contribution < -0.4 is 9.80 Å². The Morgan fingerprint density at radius 2 is 1.93 bits per heavy atom. The SMILES string of the molecule is CCN(C(=O)COC(=O)c1ccccc1N1CCCC1=O)c1nc2ccccc2s1. The summed E-state index contributed by atoms with van der Waals surface area (Å²) in [6, 6.07) is 14.5. The van der Waals surface area contributed by atoms with E-state index in [2.05, 4.69) is 4.98 Å². The van der Waals surface area contributed by atoms with Gasteiger partial charge in [0.05, 0.1) is 21.5 Å². The number of carbonyl (C=O) groups is 3. The second-order valence-electron chi connectivity index (χ2n) is 6.84. The molecule has 2 amide bonds. The number of hydrogen-bond acceptors (Lipinski definition) is 6. The second kappa shape index (κ2) is 8.62. The number of anilines is 2. The van der Waals surface area contributed by atoms with Crippen molar-refractivity contribution in [3.8, 4) is 0 Å². The molecule has 30 heavy (non-hydrogen) atoms. The molecule has 7 nitrogen and oxygen atoms in total. The molecule has 0 spiro atoms. The van der Waals surface area contributed by atoms with Crippen molar-refractivity contribution in [1.82, 2.24) is 4.98 Å². The molecule has 1 fully saturated rings. The lowest BCUT2D eigenvalue weighted by molar-refractivity contribution is -0.121. The van der Waals surface area contributed by atoms with Gasteiger partial charge in [0.2, 0.25) is 5.91 Å². The highest BCUT2D eigenvalue weighted by Gasteiger charge is 2.27. The summed E-state index contributed by atoms with van der Waals surface area (Å²) in [5.41, 5.74) is 1.63. The molecule has 2 aromatic carbocycles. The molecule has 2 heterocycles. The number of aromatic nitrogens is 1. The van der Waals surface area contributed by atoms with E-state index in [1.165, 1.54) is 16.2 Å². The zero-order valence-electron chi connectivity index (χ0n) is 16.5. The van der Waals surface area contributed by atoms with Crippen LogP contribution in [0.15, 0.2) is 48.5 Å². The van der Waals surface area contributed by atoms with Gasteiger partial charge in [0.15, 0.2) is 11.7 Å². The average molecular weight is 423 g/mol. The van der Waals surface area contributed by atoms with Crippen LogP contribution in [0, 0.1) is 0 Å². The number of para-hydroxylation sites is 2. The molecule has 1 aliphatic heterocycles. The van der Waals surface area contributed by atoms with Crippen LogP contribution in [0.1, 0.15) is 30.1 Å². The second-order valence-corrected chi connectivity index (χ2v) is 7.85. The predicted molar refractivity (Wildman–Crippen MR) is 116 cm³/mol. The van der Waals surface area contributed by atoms with Crippen LogP contribution in [-0.4, -0.2) is 42.5 Å². The van der Waals surface area contributed by atoms with Gasteiger partial charge in [-0.2, -0.15) is 0 Å². The fourth-order valence-corrected chi connectivity index (χ4v) is 4.51. The molecule has 0 radical (unpaired) electrons. The highest BCUT2D eigenvalue weighted by Crippen LogP contribution is 2.29. The lowest BCUT2D eigenvalue weighted by Crippen LogP contribution is -2.34. The molecular formula is C22H21N3O4S. The lowest BCUT2D eigenvalue weighted by atomic mass is 10.1.